The van der Waals surface area contributed by atoms with Gasteiger partial charge in [0.15, 0.2) is 0 Å². The number of nitrogens with zero attached hydrogens (tertiary/aromatic N) is 6. The molecule has 0 aliphatic heterocycles. The topological polar surface area (TPSA) is 87.4 Å². The van der Waals surface area contributed by atoms with Crippen LogP contribution in [0.4, 0.5) is 0 Å². The van der Waals surface area contributed by atoms with Crippen molar-refractivity contribution in [2.45, 2.75) is 13.1 Å². The van der Waals surface area contributed by atoms with E-state index in [9.17, 15) is 0 Å². The molecule has 0 aromatic carbocycles. The molecule has 2 N–H and O–H groups in total. The highest BCUT2D eigenvalue weighted by molar-refractivity contribution is 5.74. The Kier molecular flexibility index (Phi) is 2.52. The van der Waals surface area contributed by atoms with E-state index >= 15 is 0 Å². The van der Waals surface area contributed by atoms with Crippen molar-refractivity contribution in [3.05, 3.63) is 36.2 Å². The number of hydrogen-bond donors (Lipinski definition) is 1. The van der Waals surface area contributed by atoms with Crippen molar-refractivity contribution >= 4 is 11.0 Å². The van der Waals surface area contributed by atoms with E-state index in [2.05, 4.69) is 20.3 Å². The van der Waals surface area contributed by atoms with Crippen molar-refractivity contribution in [3.8, 4) is 0 Å². The quantitative estimate of drug-likeness (QED) is 0.703. The number of nitrogens with two attached hydrogens (primary N) is 1. The molecule has 0 saturated heterocycles. The molecule has 92 valence electrons. The van der Waals surface area contributed by atoms with E-state index in [-0.39, 0.29) is 0 Å². The van der Waals surface area contributed by atoms with E-state index in [0.717, 1.165) is 22.6 Å². The molecular weight excluding hydrogens is 230 g/mol. The first kappa shape index (κ1) is 10.8. The summed E-state index contributed by atoms with van der Waals surface area (Å²) in [7, 11) is 1.97. The highest BCUT2D eigenvalue weighted by atomic mass is 15.4. The minimum atomic E-state index is 0.395. The minimum Gasteiger partial charge on any atom is -0.328 e. The SMILES string of the molecule is Cn1c(Cn2cc(CN)nn2)nc2ccncc21. The van der Waals surface area contributed by atoms with Gasteiger partial charge >= 0.3 is 0 Å². The summed E-state index contributed by atoms with van der Waals surface area (Å²) in [5, 5.41) is 7.96. The summed E-state index contributed by atoms with van der Waals surface area (Å²) in [5.74, 6) is 0.909. The normalized spacial score (nSPS) is 11.2. The lowest BCUT2D eigenvalue weighted by Crippen LogP contribution is -2.06. The highest BCUT2D eigenvalue weighted by Crippen LogP contribution is 2.13. The van der Waals surface area contributed by atoms with E-state index in [4.69, 9.17) is 5.73 Å². The van der Waals surface area contributed by atoms with Gasteiger partial charge in [0, 0.05) is 19.8 Å². The monoisotopic (exact) mass is 243 g/mol. The zero-order valence-corrected chi connectivity index (χ0v) is 9.98. The number of pyridine rings is 1. The fourth-order valence-corrected chi connectivity index (χ4v) is 1.88. The number of rotatable bonds is 3. The van der Waals surface area contributed by atoms with E-state index in [0.29, 0.717) is 13.1 Å². The lowest BCUT2D eigenvalue weighted by Gasteiger charge is -2.01. The first-order valence-corrected chi connectivity index (χ1v) is 5.62. The standard InChI is InChI=1S/C11H13N7/c1-17-10-5-13-3-2-9(10)14-11(17)7-18-6-8(4-12)15-16-18/h2-3,5-6H,4,7,12H2,1H3. The fraction of sp³-hybridized carbons (Fsp3) is 0.273. The van der Waals surface area contributed by atoms with Crippen molar-refractivity contribution < 1.29 is 0 Å². The molecule has 3 aromatic heterocycles. The Bertz CT molecular complexity index is 682. The number of hydrogen-bond acceptors (Lipinski definition) is 5. The summed E-state index contributed by atoms with van der Waals surface area (Å²) in [6.45, 7) is 0.963. The van der Waals surface area contributed by atoms with E-state index in [1.807, 2.05) is 23.9 Å². The van der Waals surface area contributed by atoms with Gasteiger partial charge < -0.3 is 10.3 Å². The Hall–Kier alpha value is -2.28. The first-order chi connectivity index (χ1) is 8.78. The van der Waals surface area contributed by atoms with Gasteiger partial charge in [0.1, 0.15) is 12.4 Å². The third kappa shape index (κ3) is 1.74. The van der Waals surface area contributed by atoms with Crippen LogP contribution in [-0.2, 0) is 20.1 Å². The highest BCUT2D eigenvalue weighted by Gasteiger charge is 2.09. The summed E-state index contributed by atoms with van der Waals surface area (Å²) in [5.41, 5.74) is 8.21. The van der Waals surface area contributed by atoms with Crippen molar-refractivity contribution in [1.82, 2.24) is 29.5 Å². The molecule has 0 aliphatic rings. The van der Waals surface area contributed by atoms with Crippen molar-refractivity contribution in [2.24, 2.45) is 12.8 Å². The Labute approximate surface area is 103 Å². The van der Waals surface area contributed by atoms with Crippen LogP contribution in [0.1, 0.15) is 11.5 Å². The van der Waals surface area contributed by atoms with Crippen LogP contribution in [0.25, 0.3) is 11.0 Å². The lowest BCUT2D eigenvalue weighted by molar-refractivity contribution is 0.610. The average molecular weight is 243 g/mol. The Morgan fingerprint density at radius 3 is 3.00 bits per heavy atom. The number of aromatic nitrogens is 6. The molecule has 0 spiro atoms. The predicted molar refractivity (Wildman–Crippen MR) is 65.5 cm³/mol. The van der Waals surface area contributed by atoms with E-state index in [1.54, 1.807) is 17.1 Å². The number of imidazole rings is 1. The molecule has 0 bridgehead atoms. The first-order valence-electron chi connectivity index (χ1n) is 5.62. The third-order valence-electron chi connectivity index (χ3n) is 2.87. The van der Waals surface area contributed by atoms with Crippen LogP contribution in [0, 0.1) is 0 Å². The molecule has 7 nitrogen and oxygen atoms in total. The molecule has 18 heavy (non-hydrogen) atoms. The van der Waals surface area contributed by atoms with Crippen molar-refractivity contribution in [2.75, 3.05) is 0 Å². The third-order valence-corrected chi connectivity index (χ3v) is 2.87. The summed E-state index contributed by atoms with van der Waals surface area (Å²) in [6, 6.07) is 1.89. The summed E-state index contributed by atoms with van der Waals surface area (Å²) >= 11 is 0. The molecule has 0 aliphatic carbocycles. The lowest BCUT2D eigenvalue weighted by atomic mass is 10.4. The van der Waals surface area contributed by atoms with Gasteiger partial charge in [0.05, 0.1) is 29.1 Å². The van der Waals surface area contributed by atoms with Crippen LogP contribution in [0.3, 0.4) is 0 Å². The summed E-state index contributed by atoms with van der Waals surface area (Å²) in [6.07, 6.45) is 5.37. The maximum absolute atomic E-state index is 5.50. The zero-order valence-electron chi connectivity index (χ0n) is 9.98. The zero-order chi connectivity index (χ0) is 12.5. The number of fused-ring (bicyclic) bond motifs is 1. The molecule has 0 radical (unpaired) electrons. The fourth-order valence-electron chi connectivity index (χ4n) is 1.88. The smallest absolute Gasteiger partial charge is 0.131 e. The molecule has 0 unspecified atom stereocenters. The van der Waals surface area contributed by atoms with Gasteiger partial charge in [0.2, 0.25) is 0 Å². The van der Waals surface area contributed by atoms with Crippen LogP contribution in [0.2, 0.25) is 0 Å². The second-order valence-electron chi connectivity index (χ2n) is 4.06. The molecule has 0 amide bonds. The van der Waals surface area contributed by atoms with E-state index < -0.39 is 0 Å². The van der Waals surface area contributed by atoms with Gasteiger partial charge in [-0.3, -0.25) is 4.98 Å². The molecule has 3 rings (SSSR count). The van der Waals surface area contributed by atoms with Gasteiger partial charge in [-0.15, -0.1) is 5.10 Å². The molecule has 7 heteroatoms. The maximum Gasteiger partial charge on any atom is 0.131 e. The average Bonchev–Trinajstić information content (AvgIpc) is 2.97. The van der Waals surface area contributed by atoms with Gasteiger partial charge in [-0.2, -0.15) is 0 Å². The molecular formula is C11H13N7. The van der Waals surface area contributed by atoms with Gasteiger partial charge in [-0.25, -0.2) is 9.67 Å². The van der Waals surface area contributed by atoms with Crippen LogP contribution >= 0.6 is 0 Å². The van der Waals surface area contributed by atoms with Crippen LogP contribution < -0.4 is 5.73 Å². The van der Waals surface area contributed by atoms with Crippen LogP contribution in [-0.4, -0.2) is 29.5 Å². The van der Waals surface area contributed by atoms with Crippen molar-refractivity contribution in [1.29, 1.82) is 0 Å². The number of aryl methyl sites for hydroxylation is 1. The van der Waals surface area contributed by atoms with Gasteiger partial charge in [-0.05, 0) is 6.07 Å². The van der Waals surface area contributed by atoms with Crippen molar-refractivity contribution in [3.63, 3.8) is 0 Å². The predicted octanol–water partition coefficient (Wildman–Crippen LogP) is 0.0668. The molecule has 3 aromatic rings. The molecule has 0 fully saturated rings. The Balaban J connectivity index is 1.97. The Morgan fingerprint density at radius 1 is 1.39 bits per heavy atom. The summed E-state index contributed by atoms with van der Waals surface area (Å²) in [4.78, 5) is 8.65. The molecule has 0 atom stereocenters. The van der Waals surface area contributed by atoms with Gasteiger partial charge in [0.25, 0.3) is 0 Å². The second kappa shape index (κ2) is 4.19. The summed E-state index contributed by atoms with van der Waals surface area (Å²) < 4.78 is 3.74. The second-order valence-corrected chi connectivity index (χ2v) is 4.06. The molecule has 0 saturated carbocycles. The van der Waals surface area contributed by atoms with Gasteiger partial charge in [-0.1, -0.05) is 5.21 Å². The van der Waals surface area contributed by atoms with E-state index in [1.165, 1.54) is 0 Å². The van der Waals surface area contributed by atoms with Crippen LogP contribution in [0.5, 0.6) is 0 Å². The largest absolute Gasteiger partial charge is 0.328 e. The molecule has 3 heterocycles. The maximum atomic E-state index is 5.50. The minimum absolute atomic E-state index is 0.395. The Morgan fingerprint density at radius 2 is 2.28 bits per heavy atom. The van der Waals surface area contributed by atoms with Crippen LogP contribution in [0.15, 0.2) is 24.7 Å².